The molecule has 1 amide bonds. The van der Waals surface area contributed by atoms with Gasteiger partial charge in [-0.3, -0.25) is 4.79 Å². The van der Waals surface area contributed by atoms with Gasteiger partial charge in [-0.25, -0.2) is 23.1 Å². The smallest absolute Gasteiger partial charge is 0.250 e. The fraction of sp³-hybridized carbons (Fsp3) is 0.341. The van der Waals surface area contributed by atoms with Gasteiger partial charge in [0.25, 0.3) is 5.91 Å². The first-order valence-corrected chi connectivity index (χ1v) is 17.3. The zero-order valence-corrected chi connectivity index (χ0v) is 31.1. The van der Waals surface area contributed by atoms with Crippen LogP contribution in [-0.2, 0) is 4.79 Å². The molecule has 3 aromatic carbocycles. The Hall–Kier alpha value is -4.92. The molecule has 9 heteroatoms. The minimum absolute atomic E-state index is 0.333. The monoisotopic (exact) mass is 689 g/mol. The van der Waals surface area contributed by atoms with Gasteiger partial charge in [-0.2, -0.15) is 0 Å². The summed E-state index contributed by atoms with van der Waals surface area (Å²) < 4.78 is 41.9. The van der Waals surface area contributed by atoms with Gasteiger partial charge in [-0.15, -0.1) is 0 Å². The SMILES string of the molecule is C=C(Nc1ccc(F)cc1)c1cccc(-c2nc(NCCCC)ncc2/C=C\C(=O)N(C)c2c(F)cccc2F)c1C.CC.CCC.CCC. The lowest BCUT2D eigenvalue weighted by atomic mass is 9.96. The van der Waals surface area contributed by atoms with E-state index in [-0.39, 0.29) is 5.82 Å². The van der Waals surface area contributed by atoms with Crippen LogP contribution < -0.4 is 15.5 Å². The summed E-state index contributed by atoms with van der Waals surface area (Å²) >= 11 is 0. The van der Waals surface area contributed by atoms with E-state index in [4.69, 9.17) is 4.98 Å². The highest BCUT2D eigenvalue weighted by Crippen LogP contribution is 2.32. The van der Waals surface area contributed by atoms with Gasteiger partial charge >= 0.3 is 0 Å². The lowest BCUT2D eigenvalue weighted by molar-refractivity contribution is -0.113. The number of nitrogens with one attached hydrogen (secondary N) is 2. The summed E-state index contributed by atoms with van der Waals surface area (Å²) in [6, 6.07) is 15.1. The standard InChI is InChI=1S/C33H32F3N5O.2C3H8.C2H6/c1-5-6-19-37-33-38-20-23(13-18-30(42)41(4)32-28(35)11-8-12-29(32)36)31(40-33)27-10-7-9-26(21(27)2)22(3)39-25-16-14-24(34)15-17-25;2*1-3-2;1-2/h7-18,20,39H,3,5-6,19H2,1-2,4H3,(H,37,38,40);2*3H2,1-2H3;1-2H3/b18-13-;;;. The zero-order chi connectivity index (χ0) is 37.6. The largest absolute Gasteiger partial charge is 0.356 e. The molecule has 1 heterocycles. The second kappa shape index (κ2) is 23.4. The van der Waals surface area contributed by atoms with Gasteiger partial charge < -0.3 is 15.5 Å². The average Bonchev–Trinajstić information content (AvgIpc) is 3.10. The summed E-state index contributed by atoms with van der Waals surface area (Å²) in [7, 11) is 1.31. The second-order valence-corrected chi connectivity index (χ2v) is 11.1. The number of hydrogen-bond acceptors (Lipinski definition) is 5. The molecule has 0 fully saturated rings. The third kappa shape index (κ3) is 13.2. The van der Waals surface area contributed by atoms with Crippen molar-refractivity contribution in [3.05, 3.63) is 114 Å². The fourth-order valence-corrected chi connectivity index (χ4v) is 4.38. The Labute approximate surface area is 297 Å². The van der Waals surface area contributed by atoms with E-state index in [2.05, 4.69) is 56.8 Å². The normalized spacial score (nSPS) is 10.1. The number of hydrogen-bond donors (Lipinski definition) is 2. The topological polar surface area (TPSA) is 70.1 Å². The van der Waals surface area contributed by atoms with Gasteiger partial charge in [0.05, 0.1) is 5.69 Å². The molecule has 0 radical (unpaired) electrons. The molecule has 0 unspecified atom stereocenters. The van der Waals surface area contributed by atoms with Crippen LogP contribution in [0.3, 0.4) is 0 Å². The van der Waals surface area contributed by atoms with Crippen molar-refractivity contribution in [2.45, 2.75) is 81.1 Å². The molecule has 0 saturated carbocycles. The molecule has 270 valence electrons. The Kier molecular flexibility index (Phi) is 20.2. The molecule has 0 bridgehead atoms. The Morgan fingerprint density at radius 2 is 1.48 bits per heavy atom. The fourth-order valence-electron chi connectivity index (χ4n) is 4.38. The third-order valence-corrected chi connectivity index (χ3v) is 6.69. The summed E-state index contributed by atoms with van der Waals surface area (Å²) in [5.74, 6) is -2.21. The number of aromatic nitrogens is 2. The summed E-state index contributed by atoms with van der Waals surface area (Å²) in [6.07, 6.45) is 8.80. The maximum Gasteiger partial charge on any atom is 0.250 e. The molecule has 0 atom stereocenters. The number of halogens is 3. The summed E-state index contributed by atoms with van der Waals surface area (Å²) in [5.41, 5.74) is 4.40. The number of amides is 1. The van der Waals surface area contributed by atoms with Gasteiger partial charge in [0, 0.05) is 53.9 Å². The van der Waals surface area contributed by atoms with Gasteiger partial charge in [0.2, 0.25) is 5.95 Å². The van der Waals surface area contributed by atoms with E-state index in [1.807, 2.05) is 39.0 Å². The Balaban J connectivity index is 0.00000143. The number of rotatable bonds is 11. The van der Waals surface area contributed by atoms with Crippen molar-refractivity contribution >= 4 is 35.0 Å². The van der Waals surface area contributed by atoms with E-state index in [1.54, 1.807) is 18.3 Å². The van der Waals surface area contributed by atoms with Crippen LogP contribution in [0.1, 0.15) is 90.8 Å². The highest BCUT2D eigenvalue weighted by atomic mass is 19.1. The van der Waals surface area contributed by atoms with Gasteiger partial charge in [-0.05, 0) is 61.4 Å². The third-order valence-electron chi connectivity index (χ3n) is 6.69. The number of carbonyl (C=O) groups excluding carboxylic acids is 1. The molecule has 0 aliphatic carbocycles. The Morgan fingerprint density at radius 1 is 0.900 bits per heavy atom. The molecule has 6 nitrogen and oxygen atoms in total. The quantitative estimate of drug-likeness (QED) is 0.121. The second-order valence-electron chi connectivity index (χ2n) is 11.1. The van der Waals surface area contributed by atoms with Crippen LogP contribution >= 0.6 is 0 Å². The van der Waals surface area contributed by atoms with Crippen LogP contribution in [0.5, 0.6) is 0 Å². The first-order chi connectivity index (χ1) is 24.0. The molecular formula is C41H54F3N5O. The van der Waals surface area contributed by atoms with Crippen molar-refractivity contribution < 1.29 is 18.0 Å². The maximum absolute atomic E-state index is 14.3. The predicted molar refractivity (Wildman–Crippen MR) is 207 cm³/mol. The molecule has 1 aromatic heterocycles. The molecule has 2 N–H and O–H groups in total. The van der Waals surface area contributed by atoms with E-state index in [0.717, 1.165) is 46.6 Å². The van der Waals surface area contributed by atoms with E-state index >= 15 is 0 Å². The van der Waals surface area contributed by atoms with Gasteiger partial charge in [0.1, 0.15) is 23.1 Å². The summed E-state index contributed by atoms with van der Waals surface area (Å²) in [6.45, 7) is 21.4. The van der Waals surface area contributed by atoms with Crippen LogP contribution in [0, 0.1) is 24.4 Å². The number of benzene rings is 3. The van der Waals surface area contributed by atoms with Crippen molar-refractivity contribution in [3.8, 4) is 11.3 Å². The van der Waals surface area contributed by atoms with E-state index < -0.39 is 23.2 Å². The highest BCUT2D eigenvalue weighted by molar-refractivity contribution is 6.04. The lowest BCUT2D eigenvalue weighted by Crippen LogP contribution is -2.26. The molecular weight excluding hydrogens is 635 g/mol. The van der Waals surface area contributed by atoms with Crippen LogP contribution in [0.2, 0.25) is 0 Å². The minimum Gasteiger partial charge on any atom is -0.356 e. The van der Waals surface area contributed by atoms with E-state index in [9.17, 15) is 18.0 Å². The number of likely N-dealkylation sites (N-methyl/N-ethyl adjacent to an activating group) is 1. The first kappa shape index (κ1) is 43.1. The van der Waals surface area contributed by atoms with Crippen molar-refractivity contribution in [3.63, 3.8) is 0 Å². The molecule has 4 rings (SSSR count). The van der Waals surface area contributed by atoms with Crippen molar-refractivity contribution in [2.75, 3.05) is 29.1 Å². The van der Waals surface area contributed by atoms with E-state index in [0.29, 0.717) is 35.1 Å². The first-order valence-electron chi connectivity index (χ1n) is 17.3. The highest BCUT2D eigenvalue weighted by Gasteiger charge is 2.18. The molecule has 0 saturated heterocycles. The average molecular weight is 690 g/mol. The maximum atomic E-state index is 14.3. The Morgan fingerprint density at radius 3 is 2.06 bits per heavy atom. The predicted octanol–water partition coefficient (Wildman–Crippen LogP) is 11.7. The lowest BCUT2D eigenvalue weighted by Gasteiger charge is -2.17. The van der Waals surface area contributed by atoms with Crippen molar-refractivity contribution in [1.82, 2.24) is 9.97 Å². The van der Waals surface area contributed by atoms with Crippen molar-refractivity contribution in [2.24, 2.45) is 0 Å². The minimum atomic E-state index is -0.840. The number of anilines is 3. The summed E-state index contributed by atoms with van der Waals surface area (Å²) in [5, 5.41) is 6.44. The number of nitrogens with zero attached hydrogens (tertiary/aromatic N) is 3. The van der Waals surface area contributed by atoms with Crippen LogP contribution in [-0.4, -0.2) is 29.5 Å². The molecule has 50 heavy (non-hydrogen) atoms. The van der Waals surface area contributed by atoms with Crippen LogP contribution in [0.4, 0.5) is 30.5 Å². The molecule has 0 spiro atoms. The number of para-hydroxylation sites is 1. The van der Waals surface area contributed by atoms with E-state index in [1.165, 1.54) is 50.2 Å². The summed E-state index contributed by atoms with van der Waals surface area (Å²) in [4.78, 5) is 23.0. The van der Waals surface area contributed by atoms with Gasteiger partial charge in [0.15, 0.2) is 0 Å². The van der Waals surface area contributed by atoms with Crippen LogP contribution in [0.15, 0.2) is 79.5 Å². The number of carbonyl (C=O) groups is 1. The van der Waals surface area contributed by atoms with Crippen LogP contribution in [0.25, 0.3) is 23.0 Å². The Bertz CT molecular complexity index is 1630. The zero-order valence-electron chi connectivity index (χ0n) is 31.1. The van der Waals surface area contributed by atoms with Gasteiger partial charge in [-0.1, -0.05) is 98.6 Å². The number of unbranched alkanes of at least 4 members (excludes halogenated alkanes) is 1. The molecule has 0 aliphatic rings. The molecule has 4 aromatic rings. The molecule has 0 aliphatic heterocycles. The van der Waals surface area contributed by atoms with Crippen molar-refractivity contribution in [1.29, 1.82) is 0 Å².